The van der Waals surface area contributed by atoms with Crippen LogP contribution in [0, 0.1) is 0 Å². The zero-order chi connectivity index (χ0) is 14.0. The summed E-state index contributed by atoms with van der Waals surface area (Å²) in [6.07, 6.45) is 6.21. The first kappa shape index (κ1) is 17.3. The number of allylic oxidation sites excluding steroid dienone is 2. The maximum Gasteiger partial charge on any atom is 0.0917 e. The maximum absolute atomic E-state index is 6.17. The monoisotopic (exact) mass is 270 g/mol. The summed E-state index contributed by atoms with van der Waals surface area (Å²) in [5, 5.41) is 3.17. The molecule has 4 nitrogen and oxygen atoms in total. The lowest BCUT2D eigenvalue weighted by atomic mass is 10.1. The molecule has 0 aromatic carbocycles. The van der Waals surface area contributed by atoms with Gasteiger partial charge >= 0.3 is 0 Å². The van der Waals surface area contributed by atoms with Crippen molar-refractivity contribution in [1.82, 2.24) is 9.99 Å². The van der Waals surface area contributed by atoms with Crippen LogP contribution in [0.25, 0.3) is 0 Å². The van der Waals surface area contributed by atoms with Gasteiger partial charge in [0.1, 0.15) is 0 Å². The fraction of sp³-hybridized carbons (Fsp3) is 0.692. The molecule has 0 saturated heterocycles. The first-order chi connectivity index (χ1) is 8.58. The van der Waals surface area contributed by atoms with Crippen LogP contribution in [0.5, 0.6) is 0 Å². The Morgan fingerprint density at radius 1 is 1.50 bits per heavy atom. The van der Waals surface area contributed by atoms with Crippen LogP contribution in [-0.2, 0) is 0 Å². The van der Waals surface area contributed by atoms with Gasteiger partial charge in [-0.3, -0.25) is 4.74 Å². The van der Waals surface area contributed by atoms with Crippen molar-refractivity contribution in [2.24, 2.45) is 10.5 Å². The van der Waals surface area contributed by atoms with Crippen LogP contribution in [0.3, 0.4) is 0 Å². The third kappa shape index (κ3) is 6.29. The van der Waals surface area contributed by atoms with Gasteiger partial charge in [-0.1, -0.05) is 26.0 Å². The van der Waals surface area contributed by atoms with E-state index in [1.54, 1.807) is 7.05 Å². The number of nitrogens with one attached hydrogen (secondary N) is 1. The second kappa shape index (κ2) is 10.2. The smallest absolute Gasteiger partial charge is 0.0917 e. The van der Waals surface area contributed by atoms with Gasteiger partial charge in [0, 0.05) is 31.9 Å². The molecule has 0 aliphatic carbocycles. The Kier molecular flexibility index (Phi) is 9.85. The molecule has 0 spiro atoms. The Labute approximate surface area is 113 Å². The second-order valence-electron chi connectivity index (χ2n) is 4.18. The van der Waals surface area contributed by atoms with E-state index in [1.807, 2.05) is 0 Å². The number of rotatable bonds is 8. The van der Waals surface area contributed by atoms with Gasteiger partial charge in [0.2, 0.25) is 0 Å². The van der Waals surface area contributed by atoms with Gasteiger partial charge in [-0.15, -0.1) is 0 Å². The van der Waals surface area contributed by atoms with Crippen LogP contribution in [0.1, 0.15) is 33.6 Å². The number of nitrogens with two attached hydrogens (primary N) is 1. The minimum Gasteiger partial charge on any atom is -0.378 e. The lowest BCUT2D eigenvalue weighted by molar-refractivity contribution is 0.410. The first-order valence-electron chi connectivity index (χ1n) is 6.46. The molecule has 0 aliphatic rings. The average Bonchev–Trinajstić information content (AvgIpc) is 2.36. The van der Waals surface area contributed by atoms with Crippen LogP contribution in [0.2, 0.25) is 0 Å². The van der Waals surface area contributed by atoms with Crippen molar-refractivity contribution in [2.75, 3.05) is 20.6 Å². The molecule has 0 amide bonds. The molecule has 0 fully saturated rings. The zero-order valence-corrected chi connectivity index (χ0v) is 13.2. The second-order valence-corrected chi connectivity index (χ2v) is 5.04. The lowest BCUT2D eigenvalue weighted by Gasteiger charge is -2.24. The highest BCUT2D eigenvalue weighted by Crippen LogP contribution is 2.14. The summed E-state index contributed by atoms with van der Waals surface area (Å²) >= 11 is 0. The summed E-state index contributed by atoms with van der Waals surface area (Å²) in [7, 11) is 4.68. The predicted molar refractivity (Wildman–Crippen MR) is 81.4 cm³/mol. The van der Waals surface area contributed by atoms with Gasteiger partial charge < -0.3 is 10.6 Å². The Balaban J connectivity index is 5.05. The Morgan fingerprint density at radius 2 is 2.17 bits per heavy atom. The van der Waals surface area contributed by atoms with Gasteiger partial charge in [-0.05, 0) is 19.8 Å². The highest BCUT2D eigenvalue weighted by atomic mass is 31.1. The van der Waals surface area contributed by atoms with Crippen LogP contribution < -0.4 is 10.8 Å². The van der Waals surface area contributed by atoms with Crippen LogP contribution in [0.15, 0.2) is 28.2 Å². The van der Waals surface area contributed by atoms with E-state index < -0.39 is 0 Å². The quantitative estimate of drug-likeness (QED) is 0.405. The highest BCUT2D eigenvalue weighted by Gasteiger charge is 2.11. The molecule has 5 heteroatoms. The van der Waals surface area contributed by atoms with Gasteiger partial charge in [0.05, 0.1) is 14.7 Å². The molecule has 1 atom stereocenters. The number of hydrogen-bond donors (Lipinski definition) is 2. The summed E-state index contributed by atoms with van der Waals surface area (Å²) < 4.78 is 4.00. The van der Waals surface area contributed by atoms with E-state index in [1.165, 1.54) is 5.70 Å². The minimum absolute atomic E-state index is 0.183. The van der Waals surface area contributed by atoms with Crippen molar-refractivity contribution in [3.63, 3.8) is 0 Å². The molecule has 0 aromatic rings. The van der Waals surface area contributed by atoms with E-state index in [9.17, 15) is 0 Å². The van der Waals surface area contributed by atoms with Crippen LogP contribution >= 0.6 is 8.52 Å². The SMILES string of the molecule is CCC=C/C(=C(/C)N(C)CCC)[C@@H](N)N/P=N\C. The van der Waals surface area contributed by atoms with E-state index in [2.05, 4.69) is 54.7 Å². The molecule has 0 aromatic heterocycles. The van der Waals surface area contributed by atoms with Gasteiger partial charge in [0.15, 0.2) is 0 Å². The predicted octanol–water partition coefficient (Wildman–Crippen LogP) is 3.12. The van der Waals surface area contributed by atoms with Gasteiger partial charge in [-0.2, -0.15) is 0 Å². The minimum atomic E-state index is -0.183. The summed E-state index contributed by atoms with van der Waals surface area (Å²) in [5.41, 5.74) is 8.51. The lowest BCUT2D eigenvalue weighted by Crippen LogP contribution is -2.35. The summed E-state index contributed by atoms with van der Waals surface area (Å²) in [4.78, 5) is 2.25. The average molecular weight is 270 g/mol. The summed E-state index contributed by atoms with van der Waals surface area (Å²) in [6.45, 7) is 7.46. The van der Waals surface area contributed by atoms with Gasteiger partial charge in [0.25, 0.3) is 0 Å². The molecular formula is C13H27N4P. The Hall–Kier alpha value is -0.700. The molecule has 104 valence electrons. The molecule has 0 unspecified atom stereocenters. The molecule has 0 aliphatic heterocycles. The van der Waals surface area contributed by atoms with Crippen molar-refractivity contribution in [1.29, 1.82) is 0 Å². The normalized spacial score (nSPS) is 15.2. The molecule has 0 saturated carbocycles. The summed E-state index contributed by atoms with van der Waals surface area (Å²) in [6, 6.07) is 0. The molecule has 0 radical (unpaired) electrons. The van der Waals surface area contributed by atoms with Crippen molar-refractivity contribution >= 4 is 8.52 Å². The first-order valence-corrected chi connectivity index (χ1v) is 7.31. The molecular weight excluding hydrogens is 243 g/mol. The topological polar surface area (TPSA) is 53.6 Å². The maximum atomic E-state index is 6.17. The van der Waals surface area contributed by atoms with E-state index >= 15 is 0 Å². The Morgan fingerprint density at radius 3 is 2.67 bits per heavy atom. The fourth-order valence-electron chi connectivity index (χ4n) is 1.61. The van der Waals surface area contributed by atoms with Gasteiger partial charge in [-0.25, -0.2) is 5.09 Å². The number of hydrogen-bond acceptors (Lipinski definition) is 3. The molecule has 3 N–H and O–H groups in total. The number of nitrogens with zero attached hydrogens (tertiary/aromatic N) is 2. The Bertz CT molecular complexity index is 310. The fourth-order valence-corrected chi connectivity index (χ4v) is 1.99. The molecule has 0 rings (SSSR count). The van der Waals surface area contributed by atoms with E-state index in [4.69, 9.17) is 5.73 Å². The standard InChI is InChI=1S/C13H27N4P/c1-6-8-9-12(13(14)16-18-15-4)11(3)17(5)10-7-2/h8-9,13H,6-7,10,14H2,1-5H3,(H,15,16)/b9-8?,12-11+/t13-/m0/s1. The van der Waals surface area contributed by atoms with Crippen molar-refractivity contribution < 1.29 is 0 Å². The largest absolute Gasteiger partial charge is 0.378 e. The summed E-state index contributed by atoms with van der Waals surface area (Å²) in [5.74, 6) is 0. The molecule has 0 heterocycles. The van der Waals surface area contributed by atoms with Crippen LogP contribution in [-0.4, -0.2) is 31.7 Å². The van der Waals surface area contributed by atoms with Crippen molar-refractivity contribution in [3.8, 4) is 0 Å². The van der Waals surface area contributed by atoms with Crippen molar-refractivity contribution in [2.45, 2.75) is 39.8 Å². The van der Waals surface area contributed by atoms with E-state index in [0.717, 1.165) is 33.5 Å². The van der Waals surface area contributed by atoms with Crippen molar-refractivity contribution in [3.05, 3.63) is 23.4 Å². The van der Waals surface area contributed by atoms with E-state index in [-0.39, 0.29) is 6.17 Å². The highest BCUT2D eigenvalue weighted by molar-refractivity contribution is 7.24. The van der Waals surface area contributed by atoms with Crippen LogP contribution in [0.4, 0.5) is 0 Å². The molecule has 18 heavy (non-hydrogen) atoms. The zero-order valence-electron chi connectivity index (χ0n) is 12.3. The third-order valence-corrected chi connectivity index (χ3v) is 3.31. The third-order valence-electron chi connectivity index (χ3n) is 2.71. The van der Waals surface area contributed by atoms with E-state index in [0.29, 0.717) is 0 Å². The molecule has 0 bridgehead atoms.